The summed E-state index contributed by atoms with van der Waals surface area (Å²) in [7, 11) is 0. The van der Waals surface area contributed by atoms with Crippen molar-refractivity contribution in [2.45, 2.75) is 10.3 Å². The number of hydrogen-bond donors (Lipinski definition) is 1. The SMILES string of the molecule is c1ccc(C2Nc3cc4sc5c(N(c6ccc(-c7ccc8c(ccc9ccccc98)c7)cc6)c6ccc(-c7cccc8ccccc78)cc6)cccc5c4cc3S2)cc1. The van der Waals surface area contributed by atoms with Gasteiger partial charge in [-0.1, -0.05) is 169 Å². The van der Waals surface area contributed by atoms with Crippen LogP contribution in [0.15, 0.2) is 211 Å². The molecule has 1 unspecified atom stereocenters. The van der Waals surface area contributed by atoms with Crippen LogP contribution in [0.2, 0.25) is 0 Å². The van der Waals surface area contributed by atoms with Gasteiger partial charge in [-0.2, -0.15) is 0 Å². The fourth-order valence-electron chi connectivity index (χ4n) is 8.96. The van der Waals surface area contributed by atoms with Crippen molar-refractivity contribution in [1.29, 1.82) is 0 Å². The zero-order valence-electron chi connectivity index (χ0n) is 32.0. The number of thioether (sulfide) groups is 1. The molecule has 0 saturated heterocycles. The molecular formula is C55H36N2S2. The zero-order chi connectivity index (χ0) is 38.9. The average molecular weight is 789 g/mol. The molecule has 12 rings (SSSR count). The smallest absolute Gasteiger partial charge is 0.103 e. The van der Waals surface area contributed by atoms with Crippen LogP contribution in [0.1, 0.15) is 10.9 Å². The molecule has 1 aromatic heterocycles. The van der Waals surface area contributed by atoms with Crippen molar-refractivity contribution in [2.75, 3.05) is 10.2 Å². The minimum absolute atomic E-state index is 0.217. The molecule has 1 aliphatic heterocycles. The lowest BCUT2D eigenvalue weighted by atomic mass is 9.97. The van der Waals surface area contributed by atoms with Gasteiger partial charge in [-0.25, -0.2) is 0 Å². The van der Waals surface area contributed by atoms with E-state index in [9.17, 15) is 0 Å². The van der Waals surface area contributed by atoms with Gasteiger partial charge in [0.1, 0.15) is 5.37 Å². The monoisotopic (exact) mass is 788 g/mol. The number of hydrogen-bond acceptors (Lipinski definition) is 4. The maximum atomic E-state index is 3.80. The molecule has 59 heavy (non-hydrogen) atoms. The second-order valence-corrected chi connectivity index (χ2v) is 17.5. The van der Waals surface area contributed by atoms with Gasteiger partial charge in [0.25, 0.3) is 0 Å². The van der Waals surface area contributed by atoms with Crippen molar-refractivity contribution >= 4 is 98.3 Å². The van der Waals surface area contributed by atoms with Crippen molar-refractivity contribution in [1.82, 2.24) is 0 Å². The Bertz CT molecular complexity index is 3380. The van der Waals surface area contributed by atoms with E-state index >= 15 is 0 Å². The highest BCUT2D eigenvalue weighted by Gasteiger charge is 2.25. The molecule has 10 aromatic carbocycles. The third-order valence-corrected chi connectivity index (χ3v) is 14.3. The standard InChI is InChI=1S/C55H36N2S2/c1-2-12-39(13-3-1)55-56-50-34-52-49(33-53(50)59-55)48-18-9-19-51(54(48)58-52)57(43-29-24-38(25-30-43)46-17-8-14-36-10-4-6-15-44(36)46)42-27-22-35(23-28-42)40-26-31-47-41(32-40)21-20-37-11-5-7-16-45(37)47/h1-34,55-56H. The van der Waals surface area contributed by atoms with Gasteiger partial charge in [0.2, 0.25) is 0 Å². The lowest BCUT2D eigenvalue weighted by molar-refractivity contribution is 1.14. The molecule has 1 N–H and O–H groups in total. The fourth-order valence-corrected chi connectivity index (χ4v) is 11.4. The van der Waals surface area contributed by atoms with Gasteiger partial charge in [0.15, 0.2) is 0 Å². The summed E-state index contributed by atoms with van der Waals surface area (Å²) < 4.78 is 2.57. The second kappa shape index (κ2) is 13.9. The third kappa shape index (κ3) is 5.86. The van der Waals surface area contributed by atoms with E-state index in [2.05, 4.69) is 216 Å². The lowest BCUT2D eigenvalue weighted by Crippen LogP contribution is -2.10. The molecule has 4 heteroatoms. The summed E-state index contributed by atoms with van der Waals surface area (Å²) in [5.74, 6) is 0. The number of nitrogens with one attached hydrogen (secondary N) is 1. The van der Waals surface area contributed by atoms with Crippen molar-refractivity contribution in [2.24, 2.45) is 0 Å². The van der Waals surface area contributed by atoms with Crippen LogP contribution >= 0.6 is 23.1 Å². The highest BCUT2D eigenvalue weighted by molar-refractivity contribution is 8.00. The maximum Gasteiger partial charge on any atom is 0.103 e. The Kier molecular flexibility index (Phi) is 8.07. The minimum atomic E-state index is 0.217. The molecule has 11 aromatic rings. The van der Waals surface area contributed by atoms with E-state index in [-0.39, 0.29) is 5.37 Å². The summed E-state index contributed by atoms with van der Waals surface area (Å²) in [5, 5.41) is 14.2. The van der Waals surface area contributed by atoms with Gasteiger partial charge in [-0.3, -0.25) is 0 Å². The van der Waals surface area contributed by atoms with Crippen molar-refractivity contribution < 1.29 is 0 Å². The summed E-state index contributed by atoms with van der Waals surface area (Å²) in [4.78, 5) is 3.74. The van der Waals surface area contributed by atoms with Crippen molar-refractivity contribution in [3.8, 4) is 22.3 Å². The van der Waals surface area contributed by atoms with E-state index < -0.39 is 0 Å². The normalized spacial score (nSPS) is 13.7. The molecule has 0 saturated carbocycles. The Morgan fingerprint density at radius 3 is 1.86 bits per heavy atom. The third-order valence-electron chi connectivity index (χ3n) is 11.9. The van der Waals surface area contributed by atoms with Gasteiger partial charge in [0, 0.05) is 31.7 Å². The zero-order valence-corrected chi connectivity index (χ0v) is 33.6. The lowest BCUT2D eigenvalue weighted by Gasteiger charge is -2.26. The molecule has 0 aliphatic carbocycles. The highest BCUT2D eigenvalue weighted by atomic mass is 32.2. The van der Waals surface area contributed by atoms with E-state index in [1.54, 1.807) is 0 Å². The summed E-state index contributed by atoms with van der Waals surface area (Å²) in [6.07, 6.45) is 0. The fraction of sp³-hybridized carbons (Fsp3) is 0.0182. The average Bonchev–Trinajstić information content (AvgIpc) is 3.90. The maximum absolute atomic E-state index is 3.80. The van der Waals surface area contributed by atoms with Crippen molar-refractivity contribution in [3.05, 3.63) is 212 Å². The number of thiophene rings is 1. The van der Waals surface area contributed by atoms with Crippen LogP contribution in [0.4, 0.5) is 22.7 Å². The van der Waals surface area contributed by atoms with Crippen LogP contribution in [-0.4, -0.2) is 0 Å². The molecule has 0 fully saturated rings. The molecule has 1 aliphatic rings. The molecular weight excluding hydrogens is 753 g/mol. The molecule has 1 atom stereocenters. The van der Waals surface area contributed by atoms with Gasteiger partial charge in [0.05, 0.1) is 16.1 Å². The highest BCUT2D eigenvalue weighted by Crippen LogP contribution is 2.52. The predicted molar refractivity (Wildman–Crippen MR) is 256 cm³/mol. The van der Waals surface area contributed by atoms with Crippen LogP contribution in [0.3, 0.4) is 0 Å². The van der Waals surface area contributed by atoms with E-state index in [0.717, 1.165) is 11.4 Å². The quantitative estimate of drug-likeness (QED) is 0.169. The van der Waals surface area contributed by atoms with Crippen LogP contribution in [0.25, 0.3) is 74.7 Å². The molecule has 0 spiro atoms. The van der Waals surface area contributed by atoms with Crippen molar-refractivity contribution in [3.63, 3.8) is 0 Å². The van der Waals surface area contributed by atoms with E-state index in [4.69, 9.17) is 0 Å². The molecule has 278 valence electrons. The first-order valence-electron chi connectivity index (χ1n) is 20.1. The van der Waals surface area contributed by atoms with Gasteiger partial charge >= 0.3 is 0 Å². The molecule has 2 nitrogen and oxygen atoms in total. The molecule has 0 amide bonds. The largest absolute Gasteiger partial charge is 0.368 e. The topological polar surface area (TPSA) is 15.3 Å². The first-order chi connectivity index (χ1) is 29.2. The van der Waals surface area contributed by atoms with E-state index in [0.29, 0.717) is 0 Å². The van der Waals surface area contributed by atoms with Crippen LogP contribution in [0, 0.1) is 0 Å². The van der Waals surface area contributed by atoms with E-state index in [1.807, 2.05) is 23.1 Å². The van der Waals surface area contributed by atoms with Gasteiger partial charge in [-0.15, -0.1) is 11.3 Å². The molecule has 0 bridgehead atoms. The summed E-state index contributed by atoms with van der Waals surface area (Å²) >= 11 is 3.79. The second-order valence-electron chi connectivity index (χ2n) is 15.3. The number of nitrogens with zero attached hydrogens (tertiary/aromatic N) is 1. The number of fused-ring (bicyclic) bond motifs is 8. The Balaban J connectivity index is 0.964. The Morgan fingerprint density at radius 1 is 0.424 bits per heavy atom. The molecule has 0 radical (unpaired) electrons. The number of benzene rings is 10. The van der Waals surface area contributed by atoms with Crippen LogP contribution in [0.5, 0.6) is 0 Å². The van der Waals surface area contributed by atoms with Gasteiger partial charge in [-0.05, 0) is 109 Å². The van der Waals surface area contributed by atoms with Crippen LogP contribution in [-0.2, 0) is 0 Å². The first-order valence-corrected chi connectivity index (χ1v) is 21.8. The predicted octanol–water partition coefficient (Wildman–Crippen LogP) is 16.5. The summed E-state index contributed by atoms with van der Waals surface area (Å²) in [6, 6.07) is 75.7. The van der Waals surface area contributed by atoms with Gasteiger partial charge < -0.3 is 10.2 Å². The Labute approximate surface area is 351 Å². The summed E-state index contributed by atoms with van der Waals surface area (Å²) in [5.41, 5.74) is 10.8. The van der Waals surface area contributed by atoms with E-state index in [1.165, 1.54) is 96.6 Å². The summed E-state index contributed by atoms with van der Waals surface area (Å²) in [6.45, 7) is 0. The van der Waals surface area contributed by atoms with Crippen LogP contribution < -0.4 is 10.2 Å². The Morgan fingerprint density at radius 2 is 1.05 bits per heavy atom. The number of rotatable bonds is 6. The minimum Gasteiger partial charge on any atom is -0.368 e. The number of anilines is 4. The Hall–Kier alpha value is -6.85. The molecule has 2 heterocycles. The first kappa shape index (κ1) is 34.2.